The van der Waals surface area contributed by atoms with Crippen molar-refractivity contribution >= 4 is 17.9 Å². The molecule has 1 atom stereocenters. The molecular formula is C77H142O6. The fourth-order valence-electron chi connectivity index (χ4n) is 11.2. The topological polar surface area (TPSA) is 78.9 Å². The van der Waals surface area contributed by atoms with Gasteiger partial charge in [0.15, 0.2) is 6.10 Å². The van der Waals surface area contributed by atoms with E-state index < -0.39 is 6.10 Å². The first-order valence-electron chi connectivity index (χ1n) is 37.1. The smallest absolute Gasteiger partial charge is 0.306 e. The maximum absolute atomic E-state index is 12.9. The molecule has 0 heterocycles. The van der Waals surface area contributed by atoms with E-state index in [9.17, 15) is 14.4 Å². The first kappa shape index (κ1) is 80.4. The van der Waals surface area contributed by atoms with Crippen molar-refractivity contribution in [1.29, 1.82) is 0 Å². The maximum Gasteiger partial charge on any atom is 0.306 e. The van der Waals surface area contributed by atoms with Crippen LogP contribution in [-0.4, -0.2) is 37.2 Å². The second kappa shape index (κ2) is 71.8. The number of unbranched alkanes of at least 4 members (excludes halogenated alkanes) is 50. The lowest BCUT2D eigenvalue weighted by atomic mass is 10.0. The van der Waals surface area contributed by atoms with Crippen molar-refractivity contribution in [3.05, 3.63) is 48.6 Å². The predicted molar refractivity (Wildman–Crippen MR) is 362 cm³/mol. The lowest BCUT2D eigenvalue weighted by Gasteiger charge is -2.18. The molecule has 0 aliphatic carbocycles. The van der Waals surface area contributed by atoms with Gasteiger partial charge in [0.1, 0.15) is 13.2 Å². The Labute approximate surface area is 518 Å². The summed E-state index contributed by atoms with van der Waals surface area (Å²) in [7, 11) is 0. The van der Waals surface area contributed by atoms with Gasteiger partial charge in [0.05, 0.1) is 0 Å². The third-order valence-corrected chi connectivity index (χ3v) is 16.8. The molecule has 0 aliphatic rings. The Morgan fingerprint density at radius 1 is 0.241 bits per heavy atom. The van der Waals surface area contributed by atoms with Crippen LogP contribution in [0.4, 0.5) is 0 Å². The average molecular weight is 1160 g/mol. The number of carbonyl (C=O) groups excluding carboxylic acids is 3. The van der Waals surface area contributed by atoms with Crippen LogP contribution in [0.2, 0.25) is 0 Å². The van der Waals surface area contributed by atoms with Gasteiger partial charge in [-0.15, -0.1) is 0 Å². The van der Waals surface area contributed by atoms with E-state index >= 15 is 0 Å². The molecule has 83 heavy (non-hydrogen) atoms. The van der Waals surface area contributed by atoms with E-state index in [1.165, 1.54) is 295 Å². The number of allylic oxidation sites excluding steroid dienone is 8. The molecule has 0 saturated heterocycles. The van der Waals surface area contributed by atoms with Gasteiger partial charge >= 0.3 is 17.9 Å². The summed E-state index contributed by atoms with van der Waals surface area (Å²) in [4.78, 5) is 38.4. The zero-order valence-corrected chi connectivity index (χ0v) is 56.0. The van der Waals surface area contributed by atoms with Crippen LogP contribution in [0.3, 0.4) is 0 Å². The van der Waals surface area contributed by atoms with Crippen LogP contribution in [0.1, 0.15) is 406 Å². The molecule has 0 aliphatic heterocycles. The Morgan fingerprint density at radius 3 is 0.699 bits per heavy atom. The number of ether oxygens (including phenoxy) is 3. The van der Waals surface area contributed by atoms with Gasteiger partial charge in [0.2, 0.25) is 0 Å². The Morgan fingerprint density at radius 2 is 0.434 bits per heavy atom. The maximum atomic E-state index is 12.9. The van der Waals surface area contributed by atoms with E-state index in [2.05, 4.69) is 69.4 Å². The molecule has 0 radical (unpaired) electrons. The van der Waals surface area contributed by atoms with E-state index in [0.29, 0.717) is 19.3 Å². The highest BCUT2D eigenvalue weighted by Crippen LogP contribution is 2.18. The van der Waals surface area contributed by atoms with E-state index in [4.69, 9.17) is 14.2 Å². The van der Waals surface area contributed by atoms with Crippen LogP contribution in [0.15, 0.2) is 48.6 Å². The average Bonchev–Trinajstić information content (AvgIpc) is 3.49. The number of hydrogen-bond donors (Lipinski definition) is 0. The van der Waals surface area contributed by atoms with Crippen LogP contribution in [0.5, 0.6) is 0 Å². The SMILES string of the molecule is CCCCC/C=C\CCCCCCCC(=O)OCC(COC(=O)CCCCCCCCCCCCCCCCCCCCCCCCC/C=C\C/C=C\CCCCCCC)OC(=O)CCCCCCCCC/C=C\CCCCCCCCC. The molecule has 0 spiro atoms. The third kappa shape index (κ3) is 70.0. The molecule has 6 heteroatoms. The van der Waals surface area contributed by atoms with Crippen molar-refractivity contribution in [3.8, 4) is 0 Å². The second-order valence-electron chi connectivity index (χ2n) is 25.2. The van der Waals surface area contributed by atoms with Crippen LogP contribution in [-0.2, 0) is 28.6 Å². The lowest BCUT2D eigenvalue weighted by molar-refractivity contribution is -0.167. The number of rotatable bonds is 69. The zero-order chi connectivity index (χ0) is 59.9. The van der Waals surface area contributed by atoms with Crippen LogP contribution >= 0.6 is 0 Å². The third-order valence-electron chi connectivity index (χ3n) is 16.8. The minimum Gasteiger partial charge on any atom is -0.462 e. The number of carbonyl (C=O) groups is 3. The van der Waals surface area contributed by atoms with Gasteiger partial charge in [-0.25, -0.2) is 0 Å². The van der Waals surface area contributed by atoms with Crippen molar-refractivity contribution in [2.45, 2.75) is 412 Å². The summed E-state index contributed by atoms with van der Waals surface area (Å²) < 4.78 is 17.0. The molecule has 0 aromatic rings. The molecule has 0 N–H and O–H groups in total. The summed E-state index contributed by atoms with van der Waals surface area (Å²) in [6, 6.07) is 0. The summed E-state index contributed by atoms with van der Waals surface area (Å²) in [5.41, 5.74) is 0. The number of esters is 3. The molecule has 0 rings (SSSR count). The first-order valence-corrected chi connectivity index (χ1v) is 37.1. The standard InChI is InChI=1S/C77H142O6/c1-4-7-10-13-16-19-22-25-27-29-31-32-33-34-35-36-37-38-39-40-41-42-43-44-45-46-47-49-50-52-55-58-61-64-67-70-76(79)82-73-74(72-81-75(78)69-66-63-60-57-54-24-21-18-15-12-9-6-3)83-77(80)71-68-65-62-59-56-53-51-48-30-28-26-23-20-17-14-11-8-5-2/h18,21-22,25,28-31,74H,4-17,19-20,23-24,26-27,32-73H2,1-3H3/b21-18-,25-22-,30-28-,31-29-. The molecule has 0 amide bonds. The Hall–Kier alpha value is -2.63. The highest BCUT2D eigenvalue weighted by atomic mass is 16.6. The molecule has 0 saturated carbocycles. The van der Waals surface area contributed by atoms with E-state index in [-0.39, 0.29) is 31.1 Å². The highest BCUT2D eigenvalue weighted by molar-refractivity contribution is 5.71. The van der Waals surface area contributed by atoms with Crippen molar-refractivity contribution in [2.24, 2.45) is 0 Å². The molecule has 6 nitrogen and oxygen atoms in total. The largest absolute Gasteiger partial charge is 0.462 e. The van der Waals surface area contributed by atoms with Crippen molar-refractivity contribution < 1.29 is 28.6 Å². The second-order valence-corrected chi connectivity index (χ2v) is 25.2. The van der Waals surface area contributed by atoms with Crippen molar-refractivity contribution in [2.75, 3.05) is 13.2 Å². The van der Waals surface area contributed by atoms with E-state index in [1.54, 1.807) is 0 Å². The van der Waals surface area contributed by atoms with Gasteiger partial charge in [-0.2, -0.15) is 0 Å². The van der Waals surface area contributed by atoms with Gasteiger partial charge in [-0.1, -0.05) is 333 Å². The van der Waals surface area contributed by atoms with Crippen LogP contribution in [0.25, 0.3) is 0 Å². The minimum atomic E-state index is -0.777. The van der Waals surface area contributed by atoms with E-state index in [0.717, 1.165) is 70.6 Å². The predicted octanol–water partition coefficient (Wildman–Crippen LogP) is 25.7. The minimum absolute atomic E-state index is 0.0726. The molecule has 0 bridgehead atoms. The Balaban J connectivity index is 4.07. The molecule has 0 aromatic heterocycles. The van der Waals surface area contributed by atoms with E-state index in [1.807, 2.05) is 0 Å². The molecule has 0 aromatic carbocycles. The molecule has 1 unspecified atom stereocenters. The summed E-state index contributed by atoms with van der Waals surface area (Å²) >= 11 is 0. The van der Waals surface area contributed by atoms with Crippen LogP contribution < -0.4 is 0 Å². The van der Waals surface area contributed by atoms with Crippen LogP contribution in [0, 0.1) is 0 Å². The molecule has 0 fully saturated rings. The zero-order valence-electron chi connectivity index (χ0n) is 56.0. The summed E-state index contributed by atoms with van der Waals surface area (Å²) in [5.74, 6) is -0.861. The molecular weight excluding hydrogens is 1020 g/mol. The monoisotopic (exact) mass is 1160 g/mol. The number of hydrogen-bond acceptors (Lipinski definition) is 6. The fraction of sp³-hybridized carbons (Fsp3) is 0.857. The quantitative estimate of drug-likeness (QED) is 0.0261. The van der Waals surface area contributed by atoms with Gasteiger partial charge in [-0.3, -0.25) is 14.4 Å². The first-order chi connectivity index (χ1) is 41.0. The normalized spacial score (nSPS) is 12.3. The summed E-state index contributed by atoms with van der Waals surface area (Å²) in [6.07, 6.45) is 91.7. The lowest BCUT2D eigenvalue weighted by Crippen LogP contribution is -2.30. The van der Waals surface area contributed by atoms with Crippen molar-refractivity contribution in [3.63, 3.8) is 0 Å². The van der Waals surface area contributed by atoms with Crippen molar-refractivity contribution in [1.82, 2.24) is 0 Å². The highest BCUT2D eigenvalue weighted by Gasteiger charge is 2.19. The van der Waals surface area contributed by atoms with Gasteiger partial charge in [0, 0.05) is 19.3 Å². The molecule has 486 valence electrons. The Bertz CT molecular complexity index is 1430. The fourth-order valence-corrected chi connectivity index (χ4v) is 11.2. The summed E-state index contributed by atoms with van der Waals surface area (Å²) in [5, 5.41) is 0. The van der Waals surface area contributed by atoms with Gasteiger partial charge in [-0.05, 0) is 103 Å². The van der Waals surface area contributed by atoms with Gasteiger partial charge < -0.3 is 14.2 Å². The summed E-state index contributed by atoms with van der Waals surface area (Å²) in [6.45, 7) is 6.65. The Kier molecular flexibility index (Phi) is 69.6. The van der Waals surface area contributed by atoms with Gasteiger partial charge in [0.25, 0.3) is 0 Å².